The highest BCUT2D eigenvalue weighted by molar-refractivity contribution is 7.20. The Balaban J connectivity index is 1.76. The fraction of sp³-hybridized carbons (Fsp3) is 0. The summed E-state index contributed by atoms with van der Waals surface area (Å²) in [5.41, 5.74) is 0. The lowest BCUT2D eigenvalue weighted by Gasteiger charge is -2.34. The number of fused-ring (bicyclic) bond motifs is 2. The average Bonchev–Trinajstić information content (AvgIpc) is 2.90. The summed E-state index contributed by atoms with van der Waals surface area (Å²) in [6.07, 6.45) is 0. The molecule has 0 amide bonds. The molecular formula is C32H24Si. The third-order valence-electron chi connectivity index (χ3n) is 6.78. The maximum Gasteiger partial charge on any atom is 0.179 e. The number of rotatable bonds is 4. The van der Waals surface area contributed by atoms with Gasteiger partial charge >= 0.3 is 0 Å². The molecule has 0 saturated carbocycles. The van der Waals surface area contributed by atoms with Gasteiger partial charge in [-0.3, -0.25) is 0 Å². The van der Waals surface area contributed by atoms with E-state index in [0.717, 1.165) is 0 Å². The predicted octanol–water partition coefficient (Wildman–Crippen LogP) is 5.37. The van der Waals surface area contributed by atoms with Crippen LogP contribution in [0.3, 0.4) is 0 Å². The summed E-state index contributed by atoms with van der Waals surface area (Å²) < 4.78 is 0. The molecule has 0 atom stereocenters. The van der Waals surface area contributed by atoms with Crippen molar-refractivity contribution in [2.75, 3.05) is 0 Å². The molecular weight excluding hydrogens is 412 g/mol. The van der Waals surface area contributed by atoms with Crippen LogP contribution >= 0.6 is 0 Å². The van der Waals surface area contributed by atoms with Crippen molar-refractivity contribution in [3.63, 3.8) is 0 Å². The van der Waals surface area contributed by atoms with Crippen molar-refractivity contribution < 1.29 is 0 Å². The molecule has 0 aromatic heterocycles. The number of hydrogen-bond donors (Lipinski definition) is 0. The minimum absolute atomic E-state index is 1.28. The zero-order valence-electron chi connectivity index (χ0n) is 18.4. The quantitative estimate of drug-likeness (QED) is 0.257. The average molecular weight is 437 g/mol. The molecule has 0 spiro atoms. The Kier molecular flexibility index (Phi) is 4.90. The van der Waals surface area contributed by atoms with Crippen molar-refractivity contribution in [3.8, 4) is 0 Å². The van der Waals surface area contributed by atoms with Crippen LogP contribution in [0.2, 0.25) is 0 Å². The molecule has 0 aliphatic rings. The van der Waals surface area contributed by atoms with Gasteiger partial charge in [0.1, 0.15) is 0 Å². The summed E-state index contributed by atoms with van der Waals surface area (Å²) in [7, 11) is -2.53. The molecule has 0 bridgehead atoms. The lowest BCUT2D eigenvalue weighted by Crippen LogP contribution is -2.74. The first-order valence-corrected chi connectivity index (χ1v) is 13.5. The molecule has 156 valence electrons. The second-order valence-corrected chi connectivity index (χ2v) is 12.4. The van der Waals surface area contributed by atoms with Gasteiger partial charge in [-0.2, -0.15) is 0 Å². The molecule has 0 aliphatic heterocycles. The fourth-order valence-electron chi connectivity index (χ4n) is 5.22. The van der Waals surface area contributed by atoms with E-state index in [4.69, 9.17) is 0 Å². The lowest BCUT2D eigenvalue weighted by atomic mass is 10.1. The normalized spacial score (nSPS) is 11.6. The van der Waals surface area contributed by atoms with E-state index in [1.165, 1.54) is 42.3 Å². The van der Waals surface area contributed by atoms with Crippen molar-refractivity contribution in [2.45, 2.75) is 0 Å². The van der Waals surface area contributed by atoms with Gasteiger partial charge in [-0.05, 0) is 42.3 Å². The van der Waals surface area contributed by atoms with Crippen LogP contribution < -0.4 is 20.7 Å². The van der Waals surface area contributed by atoms with E-state index in [0.29, 0.717) is 0 Å². The Labute approximate surface area is 195 Å². The van der Waals surface area contributed by atoms with E-state index in [2.05, 4.69) is 146 Å². The molecule has 6 rings (SSSR count). The Hall–Kier alpha value is -3.94. The molecule has 0 saturated heterocycles. The van der Waals surface area contributed by atoms with Crippen LogP contribution in [0.4, 0.5) is 0 Å². The molecule has 0 aliphatic carbocycles. The van der Waals surface area contributed by atoms with Gasteiger partial charge < -0.3 is 0 Å². The van der Waals surface area contributed by atoms with Gasteiger partial charge in [0, 0.05) is 0 Å². The highest BCUT2D eigenvalue weighted by Crippen LogP contribution is 2.18. The minimum Gasteiger partial charge on any atom is -0.0623 e. The van der Waals surface area contributed by atoms with Gasteiger partial charge in [0.05, 0.1) is 0 Å². The van der Waals surface area contributed by atoms with Crippen LogP contribution in [0.25, 0.3) is 21.5 Å². The van der Waals surface area contributed by atoms with Gasteiger partial charge in [0.2, 0.25) is 0 Å². The SMILES string of the molecule is c1ccc([Si](c2ccccc2)(c2ccc3ccccc3c2)c2ccc3ccccc3c2)cc1. The Morgan fingerprint density at radius 3 is 1.06 bits per heavy atom. The summed E-state index contributed by atoms with van der Waals surface area (Å²) >= 11 is 0. The Bertz CT molecular complexity index is 1430. The monoisotopic (exact) mass is 436 g/mol. The fourth-order valence-corrected chi connectivity index (χ4v) is 10.0. The largest absolute Gasteiger partial charge is 0.179 e. The van der Waals surface area contributed by atoms with Crippen LogP contribution in [0, 0.1) is 0 Å². The topological polar surface area (TPSA) is 0 Å². The highest BCUT2D eigenvalue weighted by Gasteiger charge is 2.41. The molecule has 0 nitrogen and oxygen atoms in total. The number of hydrogen-bond acceptors (Lipinski definition) is 0. The first kappa shape index (κ1) is 19.7. The van der Waals surface area contributed by atoms with Crippen LogP contribution in [0.15, 0.2) is 146 Å². The van der Waals surface area contributed by atoms with E-state index in [9.17, 15) is 0 Å². The lowest BCUT2D eigenvalue weighted by molar-refractivity contribution is 1.68. The van der Waals surface area contributed by atoms with Crippen molar-refractivity contribution >= 4 is 50.4 Å². The Morgan fingerprint density at radius 1 is 0.273 bits per heavy atom. The minimum atomic E-state index is -2.53. The second-order valence-electron chi connectivity index (χ2n) is 8.61. The number of benzene rings is 6. The van der Waals surface area contributed by atoms with Crippen molar-refractivity contribution in [3.05, 3.63) is 146 Å². The first-order valence-electron chi connectivity index (χ1n) is 11.5. The van der Waals surface area contributed by atoms with Crippen molar-refractivity contribution in [1.82, 2.24) is 0 Å². The van der Waals surface area contributed by atoms with Crippen LogP contribution in [-0.2, 0) is 0 Å². The van der Waals surface area contributed by atoms with Crippen LogP contribution in [-0.4, -0.2) is 8.07 Å². The summed E-state index contributed by atoms with van der Waals surface area (Å²) in [5.74, 6) is 0. The van der Waals surface area contributed by atoms with Crippen LogP contribution in [0.1, 0.15) is 0 Å². The van der Waals surface area contributed by atoms with E-state index in [-0.39, 0.29) is 0 Å². The van der Waals surface area contributed by atoms with Crippen LogP contribution in [0.5, 0.6) is 0 Å². The zero-order chi connectivity index (χ0) is 22.1. The van der Waals surface area contributed by atoms with E-state index in [1.54, 1.807) is 0 Å². The summed E-state index contributed by atoms with van der Waals surface area (Å²) in [5, 5.41) is 10.8. The maximum atomic E-state index is 2.43. The summed E-state index contributed by atoms with van der Waals surface area (Å²) in [6, 6.07) is 53.8. The Morgan fingerprint density at radius 2 is 0.636 bits per heavy atom. The van der Waals surface area contributed by atoms with Gasteiger partial charge in [-0.1, -0.05) is 146 Å². The molecule has 0 N–H and O–H groups in total. The summed E-state index contributed by atoms with van der Waals surface area (Å²) in [6.45, 7) is 0. The first-order chi connectivity index (χ1) is 16.4. The third kappa shape index (κ3) is 3.29. The molecule has 0 heterocycles. The summed E-state index contributed by atoms with van der Waals surface area (Å²) in [4.78, 5) is 0. The van der Waals surface area contributed by atoms with Gasteiger partial charge in [-0.15, -0.1) is 0 Å². The van der Waals surface area contributed by atoms with Crippen molar-refractivity contribution in [1.29, 1.82) is 0 Å². The molecule has 0 unspecified atom stereocenters. The maximum absolute atomic E-state index is 2.53. The van der Waals surface area contributed by atoms with Gasteiger partial charge in [-0.25, -0.2) is 0 Å². The second kappa shape index (κ2) is 8.20. The molecule has 6 aromatic rings. The van der Waals surface area contributed by atoms with E-state index >= 15 is 0 Å². The molecule has 0 fully saturated rings. The molecule has 1 heteroatoms. The smallest absolute Gasteiger partial charge is 0.0623 e. The predicted molar refractivity (Wildman–Crippen MR) is 145 cm³/mol. The molecule has 0 radical (unpaired) electrons. The third-order valence-corrected chi connectivity index (χ3v) is 11.5. The van der Waals surface area contributed by atoms with Gasteiger partial charge in [0.25, 0.3) is 0 Å². The molecule has 6 aromatic carbocycles. The van der Waals surface area contributed by atoms with Gasteiger partial charge in [0.15, 0.2) is 8.07 Å². The van der Waals surface area contributed by atoms with E-state index < -0.39 is 8.07 Å². The zero-order valence-corrected chi connectivity index (χ0v) is 19.4. The highest BCUT2D eigenvalue weighted by atomic mass is 28.3. The van der Waals surface area contributed by atoms with E-state index in [1.807, 2.05) is 0 Å². The van der Waals surface area contributed by atoms with Crippen molar-refractivity contribution in [2.24, 2.45) is 0 Å². The standard InChI is InChI=1S/C32H24Si/c1-3-15-29(16-4-1)33(30-17-5-2-6-18-30,31-21-19-25-11-7-9-13-27(25)23-31)32-22-20-26-12-8-10-14-28(26)24-32/h1-24H. The molecule has 33 heavy (non-hydrogen) atoms.